The van der Waals surface area contributed by atoms with Gasteiger partial charge in [0, 0.05) is 6.42 Å². The van der Waals surface area contributed by atoms with Gasteiger partial charge in [-0.05, 0) is 37.0 Å². The molecule has 1 aliphatic carbocycles. The number of rotatable bonds is 4. The molecule has 0 aromatic heterocycles. The summed E-state index contributed by atoms with van der Waals surface area (Å²) in [5.74, 6) is 2.34. The highest BCUT2D eigenvalue weighted by molar-refractivity contribution is 5.50. The molecule has 0 aliphatic heterocycles. The number of hydrogen-bond donors (Lipinski definition) is 0. The van der Waals surface area contributed by atoms with Gasteiger partial charge in [-0.2, -0.15) is 0 Å². The zero-order chi connectivity index (χ0) is 10.6. The Balaban J connectivity index is 2.50. The SMILES string of the molecule is CC(C)[C@@H]1CC=C(CCC=O)[C@@H](C)C1. The topological polar surface area (TPSA) is 17.1 Å². The molecule has 0 spiro atoms. The van der Waals surface area contributed by atoms with Gasteiger partial charge in [-0.25, -0.2) is 0 Å². The van der Waals surface area contributed by atoms with Crippen molar-refractivity contribution in [1.29, 1.82) is 0 Å². The molecule has 0 unspecified atom stereocenters. The van der Waals surface area contributed by atoms with E-state index in [1.54, 1.807) is 0 Å². The summed E-state index contributed by atoms with van der Waals surface area (Å²) in [6, 6.07) is 0. The fraction of sp³-hybridized carbons (Fsp3) is 0.769. The normalized spacial score (nSPS) is 27.6. The number of carbonyl (C=O) groups is 1. The van der Waals surface area contributed by atoms with E-state index in [9.17, 15) is 4.79 Å². The van der Waals surface area contributed by atoms with Crippen LogP contribution in [-0.4, -0.2) is 6.29 Å². The van der Waals surface area contributed by atoms with Crippen LogP contribution in [-0.2, 0) is 4.79 Å². The lowest BCUT2D eigenvalue weighted by atomic mass is 9.76. The van der Waals surface area contributed by atoms with Gasteiger partial charge in [-0.15, -0.1) is 0 Å². The van der Waals surface area contributed by atoms with Crippen molar-refractivity contribution in [3.8, 4) is 0 Å². The van der Waals surface area contributed by atoms with E-state index in [0.29, 0.717) is 12.3 Å². The van der Waals surface area contributed by atoms with Gasteiger partial charge in [0.25, 0.3) is 0 Å². The second kappa shape index (κ2) is 5.33. The highest BCUT2D eigenvalue weighted by Crippen LogP contribution is 2.34. The molecule has 0 N–H and O–H groups in total. The van der Waals surface area contributed by atoms with Crippen molar-refractivity contribution in [2.24, 2.45) is 17.8 Å². The summed E-state index contributed by atoms with van der Waals surface area (Å²) in [5.41, 5.74) is 1.51. The van der Waals surface area contributed by atoms with E-state index in [1.165, 1.54) is 18.4 Å². The minimum atomic E-state index is 0.691. The van der Waals surface area contributed by atoms with Crippen LogP contribution in [0.1, 0.15) is 46.5 Å². The molecule has 14 heavy (non-hydrogen) atoms. The molecule has 0 heterocycles. The van der Waals surface area contributed by atoms with Gasteiger partial charge in [-0.1, -0.05) is 32.4 Å². The molecule has 0 aromatic rings. The predicted molar refractivity (Wildman–Crippen MR) is 60.1 cm³/mol. The van der Waals surface area contributed by atoms with Crippen LogP contribution in [0.3, 0.4) is 0 Å². The molecular formula is C13H22O. The lowest BCUT2D eigenvalue weighted by Crippen LogP contribution is -2.18. The van der Waals surface area contributed by atoms with Crippen molar-refractivity contribution in [3.63, 3.8) is 0 Å². The zero-order valence-corrected chi connectivity index (χ0v) is 9.62. The lowest BCUT2D eigenvalue weighted by Gasteiger charge is -2.29. The maximum absolute atomic E-state index is 10.3. The second-order valence-electron chi connectivity index (χ2n) is 4.86. The third kappa shape index (κ3) is 2.97. The van der Waals surface area contributed by atoms with E-state index < -0.39 is 0 Å². The van der Waals surface area contributed by atoms with Crippen molar-refractivity contribution in [2.75, 3.05) is 0 Å². The van der Waals surface area contributed by atoms with E-state index in [2.05, 4.69) is 26.8 Å². The standard InChI is InChI=1S/C13H22O/c1-10(2)13-7-6-12(5-4-8-14)11(3)9-13/h6,8,10-11,13H,4-5,7,9H2,1-3H3/t11-,13+/m0/s1. The molecule has 80 valence electrons. The summed E-state index contributed by atoms with van der Waals surface area (Å²) in [5, 5.41) is 0. The van der Waals surface area contributed by atoms with Crippen LogP contribution < -0.4 is 0 Å². The average Bonchev–Trinajstić information content (AvgIpc) is 2.15. The highest BCUT2D eigenvalue weighted by Gasteiger charge is 2.22. The lowest BCUT2D eigenvalue weighted by molar-refractivity contribution is -0.107. The van der Waals surface area contributed by atoms with E-state index in [4.69, 9.17) is 0 Å². The first-order valence-corrected chi connectivity index (χ1v) is 5.77. The summed E-state index contributed by atoms with van der Waals surface area (Å²) >= 11 is 0. The van der Waals surface area contributed by atoms with Crippen LogP contribution in [0.5, 0.6) is 0 Å². The Kier molecular flexibility index (Phi) is 4.37. The van der Waals surface area contributed by atoms with Crippen LogP contribution in [0.4, 0.5) is 0 Å². The summed E-state index contributed by atoms with van der Waals surface area (Å²) in [6.07, 6.45) is 7.61. The first-order valence-electron chi connectivity index (χ1n) is 5.77. The number of carbonyl (C=O) groups excluding carboxylic acids is 1. The Morgan fingerprint density at radius 2 is 2.29 bits per heavy atom. The molecule has 1 heteroatoms. The van der Waals surface area contributed by atoms with Gasteiger partial charge < -0.3 is 4.79 Å². The monoisotopic (exact) mass is 194 g/mol. The molecule has 1 rings (SSSR count). The molecule has 0 saturated heterocycles. The molecule has 0 bridgehead atoms. The smallest absolute Gasteiger partial charge is 0.120 e. The largest absolute Gasteiger partial charge is 0.303 e. The Morgan fingerprint density at radius 1 is 1.57 bits per heavy atom. The number of allylic oxidation sites excluding steroid dienone is 2. The first-order chi connectivity index (χ1) is 6.65. The van der Waals surface area contributed by atoms with Crippen LogP contribution in [0.25, 0.3) is 0 Å². The van der Waals surface area contributed by atoms with E-state index in [-0.39, 0.29) is 0 Å². The second-order valence-corrected chi connectivity index (χ2v) is 4.86. The first kappa shape index (κ1) is 11.5. The van der Waals surface area contributed by atoms with Crippen LogP contribution in [0.2, 0.25) is 0 Å². The third-order valence-electron chi connectivity index (χ3n) is 3.47. The molecule has 0 fully saturated rings. The summed E-state index contributed by atoms with van der Waals surface area (Å²) in [7, 11) is 0. The molecular weight excluding hydrogens is 172 g/mol. The quantitative estimate of drug-likeness (QED) is 0.493. The molecule has 1 aliphatic rings. The molecule has 0 aromatic carbocycles. The molecule has 0 amide bonds. The molecule has 1 nitrogen and oxygen atoms in total. The zero-order valence-electron chi connectivity index (χ0n) is 9.62. The molecule has 0 radical (unpaired) electrons. The van der Waals surface area contributed by atoms with Gasteiger partial charge in [0.15, 0.2) is 0 Å². The Labute approximate surface area is 87.6 Å². The Hall–Kier alpha value is -0.590. The van der Waals surface area contributed by atoms with Gasteiger partial charge in [0.1, 0.15) is 6.29 Å². The van der Waals surface area contributed by atoms with Gasteiger partial charge >= 0.3 is 0 Å². The maximum Gasteiger partial charge on any atom is 0.120 e. The number of hydrogen-bond acceptors (Lipinski definition) is 1. The minimum Gasteiger partial charge on any atom is -0.303 e. The summed E-state index contributed by atoms with van der Waals surface area (Å²) < 4.78 is 0. The fourth-order valence-corrected chi connectivity index (χ4v) is 2.32. The van der Waals surface area contributed by atoms with Gasteiger partial charge in [0.05, 0.1) is 0 Å². The summed E-state index contributed by atoms with van der Waals surface area (Å²) in [4.78, 5) is 10.3. The Bertz CT molecular complexity index is 215. The van der Waals surface area contributed by atoms with Crippen molar-refractivity contribution in [1.82, 2.24) is 0 Å². The predicted octanol–water partition coefficient (Wildman–Crippen LogP) is 3.59. The molecule has 2 atom stereocenters. The minimum absolute atomic E-state index is 0.691. The molecule has 0 saturated carbocycles. The maximum atomic E-state index is 10.3. The third-order valence-corrected chi connectivity index (χ3v) is 3.47. The summed E-state index contributed by atoms with van der Waals surface area (Å²) in [6.45, 7) is 6.91. The van der Waals surface area contributed by atoms with Crippen molar-refractivity contribution in [3.05, 3.63) is 11.6 Å². The van der Waals surface area contributed by atoms with Crippen LogP contribution >= 0.6 is 0 Å². The van der Waals surface area contributed by atoms with Crippen LogP contribution in [0.15, 0.2) is 11.6 Å². The van der Waals surface area contributed by atoms with Crippen molar-refractivity contribution < 1.29 is 4.79 Å². The Morgan fingerprint density at radius 3 is 2.79 bits per heavy atom. The van der Waals surface area contributed by atoms with Crippen LogP contribution in [0, 0.1) is 17.8 Å². The van der Waals surface area contributed by atoms with Gasteiger partial charge in [0.2, 0.25) is 0 Å². The van der Waals surface area contributed by atoms with Gasteiger partial charge in [-0.3, -0.25) is 0 Å². The average molecular weight is 194 g/mol. The van der Waals surface area contributed by atoms with E-state index >= 15 is 0 Å². The van der Waals surface area contributed by atoms with E-state index in [0.717, 1.165) is 24.5 Å². The van der Waals surface area contributed by atoms with E-state index in [1.807, 2.05) is 0 Å². The highest BCUT2D eigenvalue weighted by atomic mass is 16.1. The van der Waals surface area contributed by atoms with Crippen molar-refractivity contribution >= 4 is 6.29 Å². The number of aldehydes is 1. The van der Waals surface area contributed by atoms with Crippen molar-refractivity contribution in [2.45, 2.75) is 46.5 Å². The fourth-order valence-electron chi connectivity index (χ4n) is 2.32.